The van der Waals surface area contributed by atoms with Crippen LogP contribution in [0, 0.1) is 0 Å². The summed E-state index contributed by atoms with van der Waals surface area (Å²) in [5, 5.41) is 10.1. The van der Waals surface area contributed by atoms with Gasteiger partial charge in [0.05, 0.1) is 31.1 Å². The van der Waals surface area contributed by atoms with E-state index in [9.17, 15) is 9.90 Å². The van der Waals surface area contributed by atoms with E-state index in [0.717, 1.165) is 56.0 Å². The van der Waals surface area contributed by atoms with E-state index in [-0.39, 0.29) is 17.9 Å². The molecule has 0 spiro atoms. The minimum atomic E-state index is -1.05. The molecule has 0 bridgehead atoms. The van der Waals surface area contributed by atoms with Gasteiger partial charge in [-0.25, -0.2) is 19.7 Å². The molecule has 4 aromatic rings. The fourth-order valence-corrected chi connectivity index (χ4v) is 5.13. The molecule has 3 aromatic heterocycles. The molecule has 6 rings (SSSR count). The molecule has 0 aliphatic carbocycles. The molecule has 11 heteroatoms. The first-order valence-corrected chi connectivity index (χ1v) is 13.5. The van der Waals surface area contributed by atoms with Crippen molar-refractivity contribution in [3.8, 4) is 5.88 Å². The Morgan fingerprint density at radius 3 is 2.56 bits per heavy atom. The van der Waals surface area contributed by atoms with E-state index in [4.69, 9.17) is 26.1 Å². The first-order valence-electron chi connectivity index (χ1n) is 13.2. The van der Waals surface area contributed by atoms with Crippen LogP contribution in [0.3, 0.4) is 0 Å². The second-order valence-electron chi connectivity index (χ2n) is 10.0. The third-order valence-corrected chi connectivity index (χ3v) is 7.47. The number of aromatic nitrogens is 5. The maximum Gasteiger partial charge on any atom is 0.354 e. The average Bonchev–Trinajstić information content (AvgIpc) is 3.25. The zero-order valence-corrected chi connectivity index (χ0v) is 22.1. The zero-order chi connectivity index (χ0) is 26.8. The molecule has 1 unspecified atom stereocenters. The van der Waals surface area contributed by atoms with Gasteiger partial charge in [0, 0.05) is 37.3 Å². The number of fused-ring (bicyclic) bond motifs is 1. The van der Waals surface area contributed by atoms with Gasteiger partial charge in [-0.3, -0.25) is 9.88 Å². The van der Waals surface area contributed by atoms with E-state index < -0.39 is 5.97 Å². The highest BCUT2D eigenvalue weighted by Gasteiger charge is 2.26. The number of piperidine rings is 1. The third kappa shape index (κ3) is 6.03. The number of imidazole rings is 1. The van der Waals surface area contributed by atoms with Gasteiger partial charge in [-0.05, 0) is 49.1 Å². The number of nitrogens with zero attached hydrogens (tertiary/aromatic N) is 6. The molecule has 2 saturated heterocycles. The van der Waals surface area contributed by atoms with Gasteiger partial charge in [0.25, 0.3) is 0 Å². The van der Waals surface area contributed by atoms with Crippen molar-refractivity contribution in [1.82, 2.24) is 29.4 Å². The van der Waals surface area contributed by atoms with Crippen LogP contribution in [0.15, 0.2) is 48.8 Å². The highest BCUT2D eigenvalue weighted by molar-refractivity contribution is 6.30. The Hall–Kier alpha value is -3.60. The summed E-state index contributed by atoms with van der Waals surface area (Å²) in [5.41, 5.74) is 3.27. The highest BCUT2D eigenvalue weighted by Crippen LogP contribution is 2.24. The van der Waals surface area contributed by atoms with Gasteiger partial charge in [0.1, 0.15) is 17.4 Å². The van der Waals surface area contributed by atoms with Crippen molar-refractivity contribution in [3.05, 3.63) is 76.6 Å². The highest BCUT2D eigenvalue weighted by atomic mass is 35.5. The number of ether oxygens (including phenoxy) is 2. The zero-order valence-electron chi connectivity index (χ0n) is 21.4. The van der Waals surface area contributed by atoms with Gasteiger partial charge in [-0.15, -0.1) is 0 Å². The SMILES string of the molecule is O=C(O)c1ccc2nc(CN3CCC(Oc4cncc(Cc5ccc(Cl)cc5)n4)CC3)n(CC3CCO3)c2n1. The summed E-state index contributed by atoms with van der Waals surface area (Å²) < 4.78 is 13.9. The predicted molar refractivity (Wildman–Crippen MR) is 144 cm³/mol. The Bertz CT molecular complexity index is 1460. The van der Waals surface area contributed by atoms with Crippen LogP contribution in [0.2, 0.25) is 5.02 Å². The molecule has 0 amide bonds. The number of benzene rings is 1. The van der Waals surface area contributed by atoms with Crippen LogP contribution in [0.4, 0.5) is 0 Å². The molecule has 1 aromatic carbocycles. The maximum absolute atomic E-state index is 11.5. The monoisotopic (exact) mass is 548 g/mol. The summed E-state index contributed by atoms with van der Waals surface area (Å²) in [6.45, 7) is 3.71. The summed E-state index contributed by atoms with van der Waals surface area (Å²) in [7, 11) is 0. The number of carboxylic acid groups (broad SMARTS) is 1. The number of carboxylic acids is 1. The predicted octanol–water partition coefficient (Wildman–Crippen LogP) is 4.00. The molecular formula is C28H29ClN6O4. The standard InChI is InChI=1S/C28H29ClN6O4/c29-19-3-1-18(2-4-19)13-20-14-30-15-26(31-20)39-21-7-10-34(11-8-21)17-25-32-23-5-6-24(28(36)37)33-27(23)35(25)16-22-9-12-38-22/h1-6,14-15,21-22H,7-13,16-17H2,(H,36,37). The molecule has 0 radical (unpaired) electrons. The maximum atomic E-state index is 11.5. The van der Waals surface area contributed by atoms with Crippen LogP contribution < -0.4 is 4.74 Å². The van der Waals surface area contributed by atoms with E-state index in [2.05, 4.69) is 19.9 Å². The number of hydrogen-bond donors (Lipinski definition) is 1. The van der Waals surface area contributed by atoms with Crippen molar-refractivity contribution in [2.24, 2.45) is 0 Å². The van der Waals surface area contributed by atoms with Gasteiger partial charge in [0.15, 0.2) is 11.3 Å². The molecule has 0 saturated carbocycles. The molecule has 202 valence electrons. The van der Waals surface area contributed by atoms with Crippen LogP contribution >= 0.6 is 11.6 Å². The lowest BCUT2D eigenvalue weighted by atomic mass is 10.1. The van der Waals surface area contributed by atoms with Crippen LogP contribution in [0.25, 0.3) is 11.2 Å². The van der Waals surface area contributed by atoms with Crippen LogP contribution in [0.1, 0.15) is 46.8 Å². The number of aromatic carboxylic acids is 1. The van der Waals surface area contributed by atoms with E-state index in [0.29, 0.717) is 41.6 Å². The molecular weight excluding hydrogens is 520 g/mol. The van der Waals surface area contributed by atoms with Gasteiger partial charge in [-0.2, -0.15) is 0 Å². The Morgan fingerprint density at radius 1 is 1.05 bits per heavy atom. The Labute approximate surface area is 230 Å². The molecule has 1 atom stereocenters. The lowest BCUT2D eigenvalue weighted by Crippen LogP contribution is -2.39. The number of carbonyl (C=O) groups is 1. The number of halogens is 1. The first-order chi connectivity index (χ1) is 19.0. The van der Waals surface area contributed by atoms with Crippen LogP contribution in [0.5, 0.6) is 5.88 Å². The van der Waals surface area contributed by atoms with E-state index in [1.807, 2.05) is 28.8 Å². The largest absolute Gasteiger partial charge is 0.477 e. The van der Waals surface area contributed by atoms with E-state index in [1.54, 1.807) is 18.5 Å². The molecule has 2 aliphatic heterocycles. The van der Waals surface area contributed by atoms with Crippen molar-refractivity contribution in [2.45, 2.75) is 51.0 Å². The molecule has 39 heavy (non-hydrogen) atoms. The van der Waals surface area contributed by atoms with E-state index in [1.165, 1.54) is 6.07 Å². The summed E-state index contributed by atoms with van der Waals surface area (Å²) in [4.78, 5) is 32.0. The fourth-order valence-electron chi connectivity index (χ4n) is 5.01. The summed E-state index contributed by atoms with van der Waals surface area (Å²) in [6.07, 6.45) is 6.95. The first kappa shape index (κ1) is 25.7. The average molecular weight is 549 g/mol. The topological polar surface area (TPSA) is 115 Å². The number of rotatable bonds is 9. The Balaban J connectivity index is 1.09. The minimum Gasteiger partial charge on any atom is -0.477 e. The molecule has 10 nitrogen and oxygen atoms in total. The number of likely N-dealkylation sites (tertiary alicyclic amines) is 1. The minimum absolute atomic E-state index is 0.0167. The molecule has 2 aliphatic rings. The third-order valence-electron chi connectivity index (χ3n) is 7.22. The van der Waals surface area contributed by atoms with Gasteiger partial charge >= 0.3 is 5.97 Å². The molecule has 2 fully saturated rings. The normalized spacial score (nSPS) is 18.2. The second-order valence-corrected chi connectivity index (χ2v) is 10.4. The van der Waals surface area contributed by atoms with Crippen molar-refractivity contribution in [2.75, 3.05) is 19.7 Å². The van der Waals surface area contributed by atoms with Gasteiger partial charge in [-0.1, -0.05) is 23.7 Å². The summed E-state index contributed by atoms with van der Waals surface area (Å²) in [6, 6.07) is 11.0. The van der Waals surface area contributed by atoms with Crippen molar-refractivity contribution in [3.63, 3.8) is 0 Å². The molecule has 1 N–H and O–H groups in total. The second kappa shape index (κ2) is 11.3. The van der Waals surface area contributed by atoms with E-state index >= 15 is 0 Å². The van der Waals surface area contributed by atoms with Gasteiger partial charge in [0.2, 0.25) is 5.88 Å². The lowest BCUT2D eigenvalue weighted by Gasteiger charge is -2.32. The summed E-state index contributed by atoms with van der Waals surface area (Å²) >= 11 is 5.99. The fraction of sp³-hybridized carbons (Fsp3) is 0.393. The number of pyridine rings is 1. The summed E-state index contributed by atoms with van der Waals surface area (Å²) in [5.74, 6) is 0.367. The Kier molecular flexibility index (Phi) is 7.40. The van der Waals surface area contributed by atoms with Crippen LogP contribution in [-0.2, 0) is 24.2 Å². The quantitative estimate of drug-likeness (QED) is 0.331. The van der Waals surface area contributed by atoms with Crippen molar-refractivity contribution >= 4 is 28.7 Å². The van der Waals surface area contributed by atoms with Crippen molar-refractivity contribution < 1.29 is 19.4 Å². The molecule has 5 heterocycles. The Morgan fingerprint density at radius 2 is 1.85 bits per heavy atom. The van der Waals surface area contributed by atoms with Crippen molar-refractivity contribution in [1.29, 1.82) is 0 Å². The number of hydrogen-bond acceptors (Lipinski definition) is 8. The smallest absolute Gasteiger partial charge is 0.354 e. The van der Waals surface area contributed by atoms with Gasteiger partial charge < -0.3 is 19.1 Å². The van der Waals surface area contributed by atoms with Crippen LogP contribution in [-0.4, -0.2) is 72.4 Å². The lowest BCUT2D eigenvalue weighted by molar-refractivity contribution is -0.0593.